The summed E-state index contributed by atoms with van der Waals surface area (Å²) in [5.74, 6) is 2.75. The topological polar surface area (TPSA) is 24.5 Å². The van der Waals surface area contributed by atoms with Gasteiger partial charge in [-0.15, -0.1) is 6.42 Å². The van der Waals surface area contributed by atoms with Gasteiger partial charge in [0.1, 0.15) is 0 Å². The molecule has 0 spiro atoms. The quantitative estimate of drug-likeness (QED) is 0.618. The van der Waals surface area contributed by atoms with Crippen LogP contribution in [0.4, 0.5) is 0 Å². The number of rotatable bonds is 3. The van der Waals surface area contributed by atoms with E-state index in [1.165, 1.54) is 0 Å². The van der Waals surface area contributed by atoms with Gasteiger partial charge >= 0.3 is 0 Å². The average molecular weight is 182 g/mol. The molecule has 1 N–H and O–H groups in total. The van der Waals surface area contributed by atoms with Gasteiger partial charge in [-0.2, -0.15) is 0 Å². The van der Waals surface area contributed by atoms with Crippen molar-refractivity contribution in [3.63, 3.8) is 0 Å². The highest BCUT2D eigenvalue weighted by molar-refractivity contribution is 4.98. The Bertz CT molecular complexity index is 186. The van der Waals surface area contributed by atoms with Gasteiger partial charge in [-0.1, -0.05) is 5.92 Å². The second kappa shape index (κ2) is 5.23. The van der Waals surface area contributed by atoms with Gasteiger partial charge in [0, 0.05) is 19.6 Å². The van der Waals surface area contributed by atoms with Crippen LogP contribution in [0.3, 0.4) is 0 Å². The standard InChI is InChI=1S/C10H18N2O/c1-4-9(2)12-5-6-13-10(8-12)7-11-3/h1,9-11H,5-8H2,2-3H3. The number of nitrogens with zero attached hydrogens (tertiary/aromatic N) is 1. The highest BCUT2D eigenvalue weighted by atomic mass is 16.5. The molecule has 0 saturated carbocycles. The molecule has 0 amide bonds. The molecule has 13 heavy (non-hydrogen) atoms. The molecular formula is C10H18N2O. The van der Waals surface area contributed by atoms with Gasteiger partial charge in [-0.3, -0.25) is 4.90 Å². The predicted octanol–water partition coefficient (Wildman–Crippen LogP) is -0.0717. The molecule has 1 heterocycles. The molecule has 1 rings (SSSR count). The minimum Gasteiger partial charge on any atom is -0.374 e. The van der Waals surface area contributed by atoms with E-state index >= 15 is 0 Å². The van der Waals surface area contributed by atoms with Crippen LogP contribution in [0.1, 0.15) is 6.92 Å². The molecule has 0 radical (unpaired) electrons. The summed E-state index contributed by atoms with van der Waals surface area (Å²) in [5, 5.41) is 3.11. The predicted molar refractivity (Wildman–Crippen MR) is 53.5 cm³/mol. The molecule has 74 valence electrons. The lowest BCUT2D eigenvalue weighted by molar-refractivity contribution is -0.0318. The summed E-state index contributed by atoms with van der Waals surface area (Å²) < 4.78 is 5.57. The molecule has 0 aromatic heterocycles. The lowest BCUT2D eigenvalue weighted by Crippen LogP contribution is -2.49. The van der Waals surface area contributed by atoms with E-state index in [-0.39, 0.29) is 12.1 Å². The molecule has 3 nitrogen and oxygen atoms in total. The summed E-state index contributed by atoms with van der Waals surface area (Å²) >= 11 is 0. The third kappa shape index (κ3) is 3.00. The zero-order chi connectivity index (χ0) is 9.68. The summed E-state index contributed by atoms with van der Waals surface area (Å²) in [6.07, 6.45) is 5.66. The first-order chi connectivity index (χ1) is 6.27. The molecule has 0 aliphatic carbocycles. The maximum absolute atomic E-state index is 5.57. The fourth-order valence-corrected chi connectivity index (χ4v) is 1.55. The van der Waals surface area contributed by atoms with Crippen LogP contribution < -0.4 is 5.32 Å². The van der Waals surface area contributed by atoms with Crippen LogP contribution in [0, 0.1) is 12.3 Å². The molecule has 2 atom stereocenters. The lowest BCUT2D eigenvalue weighted by atomic mass is 10.2. The number of morpholine rings is 1. The Labute approximate surface area is 80.4 Å². The smallest absolute Gasteiger partial charge is 0.0827 e. The Hall–Kier alpha value is -0.560. The number of likely N-dealkylation sites (N-methyl/N-ethyl adjacent to an activating group) is 1. The zero-order valence-corrected chi connectivity index (χ0v) is 8.42. The van der Waals surface area contributed by atoms with Gasteiger partial charge in [-0.25, -0.2) is 0 Å². The summed E-state index contributed by atoms with van der Waals surface area (Å²) in [7, 11) is 1.94. The SMILES string of the molecule is C#CC(C)N1CCOC(CNC)C1. The van der Waals surface area contributed by atoms with Crippen LogP contribution in [0.5, 0.6) is 0 Å². The monoisotopic (exact) mass is 182 g/mol. The molecule has 1 aliphatic rings. The van der Waals surface area contributed by atoms with Crippen LogP contribution in [-0.2, 0) is 4.74 Å². The first-order valence-corrected chi connectivity index (χ1v) is 4.74. The van der Waals surface area contributed by atoms with Crippen LogP contribution in [0.2, 0.25) is 0 Å². The maximum atomic E-state index is 5.57. The van der Waals surface area contributed by atoms with Gasteiger partial charge in [0.15, 0.2) is 0 Å². The second-order valence-corrected chi connectivity index (χ2v) is 3.39. The van der Waals surface area contributed by atoms with Crippen LogP contribution in [0.25, 0.3) is 0 Å². The van der Waals surface area contributed by atoms with Crippen molar-refractivity contribution >= 4 is 0 Å². The average Bonchev–Trinajstić information content (AvgIpc) is 2.18. The van der Waals surface area contributed by atoms with Crippen molar-refractivity contribution in [2.75, 3.05) is 33.3 Å². The summed E-state index contributed by atoms with van der Waals surface area (Å²) in [6, 6.07) is 0.225. The summed E-state index contributed by atoms with van der Waals surface area (Å²) in [5.41, 5.74) is 0. The van der Waals surface area contributed by atoms with E-state index in [0.717, 1.165) is 26.2 Å². The van der Waals surface area contributed by atoms with Crippen LogP contribution >= 0.6 is 0 Å². The molecule has 0 bridgehead atoms. The molecule has 1 fully saturated rings. The van der Waals surface area contributed by atoms with E-state index in [4.69, 9.17) is 11.2 Å². The molecular weight excluding hydrogens is 164 g/mol. The molecule has 1 aliphatic heterocycles. The van der Waals surface area contributed by atoms with Crippen molar-refractivity contribution in [2.24, 2.45) is 0 Å². The Kier molecular flexibility index (Phi) is 4.23. The van der Waals surface area contributed by atoms with Gasteiger partial charge < -0.3 is 10.1 Å². The van der Waals surface area contributed by atoms with Crippen molar-refractivity contribution in [3.05, 3.63) is 0 Å². The maximum Gasteiger partial charge on any atom is 0.0827 e. The number of terminal acetylenes is 1. The Morgan fingerprint density at radius 3 is 3.15 bits per heavy atom. The van der Waals surface area contributed by atoms with Gasteiger partial charge in [0.2, 0.25) is 0 Å². The van der Waals surface area contributed by atoms with E-state index in [9.17, 15) is 0 Å². The second-order valence-electron chi connectivity index (χ2n) is 3.39. The third-order valence-corrected chi connectivity index (χ3v) is 2.39. The first kappa shape index (κ1) is 10.5. The van der Waals surface area contributed by atoms with E-state index in [1.54, 1.807) is 0 Å². The number of hydrogen-bond acceptors (Lipinski definition) is 3. The van der Waals surface area contributed by atoms with Gasteiger partial charge in [0.25, 0.3) is 0 Å². The van der Waals surface area contributed by atoms with E-state index in [1.807, 2.05) is 7.05 Å². The normalized spacial score (nSPS) is 26.7. The van der Waals surface area contributed by atoms with Crippen molar-refractivity contribution in [3.8, 4) is 12.3 Å². The zero-order valence-electron chi connectivity index (χ0n) is 8.42. The largest absolute Gasteiger partial charge is 0.374 e. The van der Waals surface area contributed by atoms with Crippen molar-refractivity contribution in [1.29, 1.82) is 0 Å². The minimum absolute atomic E-state index is 0.225. The lowest BCUT2D eigenvalue weighted by Gasteiger charge is -2.34. The Morgan fingerprint density at radius 1 is 1.77 bits per heavy atom. The number of hydrogen-bond donors (Lipinski definition) is 1. The van der Waals surface area contributed by atoms with Crippen molar-refractivity contribution in [1.82, 2.24) is 10.2 Å². The molecule has 1 saturated heterocycles. The molecule has 3 heteroatoms. The Balaban J connectivity index is 2.38. The highest BCUT2D eigenvalue weighted by Gasteiger charge is 2.22. The molecule has 2 unspecified atom stereocenters. The highest BCUT2D eigenvalue weighted by Crippen LogP contribution is 2.07. The van der Waals surface area contributed by atoms with Gasteiger partial charge in [-0.05, 0) is 14.0 Å². The molecule has 0 aromatic rings. The fourth-order valence-electron chi connectivity index (χ4n) is 1.55. The Morgan fingerprint density at radius 2 is 2.54 bits per heavy atom. The fraction of sp³-hybridized carbons (Fsp3) is 0.800. The summed E-state index contributed by atoms with van der Waals surface area (Å²) in [6.45, 7) is 5.63. The van der Waals surface area contributed by atoms with Crippen molar-refractivity contribution < 1.29 is 4.74 Å². The van der Waals surface area contributed by atoms with E-state index < -0.39 is 0 Å². The first-order valence-electron chi connectivity index (χ1n) is 4.74. The summed E-state index contributed by atoms with van der Waals surface area (Å²) in [4.78, 5) is 2.28. The molecule has 0 aromatic carbocycles. The number of nitrogens with one attached hydrogen (secondary N) is 1. The van der Waals surface area contributed by atoms with Crippen LogP contribution in [0.15, 0.2) is 0 Å². The van der Waals surface area contributed by atoms with E-state index in [2.05, 4.69) is 23.1 Å². The van der Waals surface area contributed by atoms with E-state index in [0.29, 0.717) is 0 Å². The number of ether oxygens (including phenoxy) is 1. The third-order valence-electron chi connectivity index (χ3n) is 2.39. The van der Waals surface area contributed by atoms with Crippen LogP contribution in [-0.4, -0.2) is 50.3 Å². The van der Waals surface area contributed by atoms with Crippen molar-refractivity contribution in [2.45, 2.75) is 19.1 Å². The van der Waals surface area contributed by atoms with Gasteiger partial charge in [0.05, 0.1) is 18.8 Å². The minimum atomic E-state index is 0.225.